The lowest BCUT2D eigenvalue weighted by Gasteiger charge is -2.15. The molecule has 0 unspecified atom stereocenters. The maximum absolute atomic E-state index is 12.7. The summed E-state index contributed by atoms with van der Waals surface area (Å²) in [5.74, 6) is 1.47. The van der Waals surface area contributed by atoms with Crippen molar-refractivity contribution in [1.82, 2.24) is 5.32 Å². The van der Waals surface area contributed by atoms with Crippen LogP contribution >= 0.6 is 22.6 Å². The Morgan fingerprint density at radius 2 is 1.71 bits per heavy atom. The molecule has 0 fully saturated rings. The maximum atomic E-state index is 12.7. The highest BCUT2D eigenvalue weighted by Gasteiger charge is 2.15. The molecule has 6 nitrogen and oxygen atoms in total. The average molecular weight is 618 g/mol. The van der Waals surface area contributed by atoms with Gasteiger partial charge in [0.2, 0.25) is 0 Å². The van der Waals surface area contributed by atoms with Gasteiger partial charge < -0.3 is 19.5 Å². The Hall–Kier alpha value is -4.03. The van der Waals surface area contributed by atoms with Crippen molar-refractivity contribution < 1.29 is 19.0 Å². The number of ether oxygens (including phenoxy) is 3. The van der Waals surface area contributed by atoms with Crippen molar-refractivity contribution >= 4 is 45.3 Å². The number of fused-ring (bicyclic) bond motifs is 1. The molecule has 4 aromatic rings. The maximum Gasteiger partial charge on any atom is 0.262 e. The molecule has 0 aliphatic carbocycles. The molecule has 0 saturated carbocycles. The normalized spacial score (nSPS) is 11.1. The molecule has 0 heterocycles. The van der Waals surface area contributed by atoms with Crippen LogP contribution in [0.4, 0.5) is 0 Å². The number of methoxy groups -OCH3 is 1. The van der Waals surface area contributed by atoms with Crippen molar-refractivity contribution in [1.29, 1.82) is 5.26 Å². The second-order valence-corrected chi connectivity index (χ2v) is 9.60. The van der Waals surface area contributed by atoms with E-state index in [9.17, 15) is 10.1 Å². The number of halogens is 1. The molecular formula is C31H27IN2O4. The van der Waals surface area contributed by atoms with Crippen LogP contribution < -0.4 is 19.5 Å². The van der Waals surface area contributed by atoms with E-state index in [1.807, 2.05) is 55.5 Å². The van der Waals surface area contributed by atoms with Crippen molar-refractivity contribution in [3.8, 4) is 23.3 Å². The molecular weight excluding hydrogens is 591 g/mol. The van der Waals surface area contributed by atoms with E-state index in [1.54, 1.807) is 19.3 Å². The number of carbonyl (C=O) groups excluding carboxylic acids is 1. The molecule has 0 aromatic heterocycles. The zero-order valence-electron chi connectivity index (χ0n) is 21.2. The first-order valence-corrected chi connectivity index (χ1v) is 13.2. The fraction of sp³-hybridized carbons (Fsp3) is 0.161. The molecule has 4 rings (SSSR count). The summed E-state index contributed by atoms with van der Waals surface area (Å²) in [6.45, 7) is 3.03. The summed E-state index contributed by atoms with van der Waals surface area (Å²) in [7, 11) is 1.60. The molecule has 192 valence electrons. The topological polar surface area (TPSA) is 80.6 Å². The van der Waals surface area contributed by atoms with Gasteiger partial charge in [-0.15, -0.1) is 0 Å². The SMILES string of the molecule is CCOc1cc(/C=C(/C#N)C(=O)NCc2ccc(OC)cc2)cc(I)c1OCc1ccc2ccccc2c1. The zero-order valence-corrected chi connectivity index (χ0v) is 23.3. The van der Waals surface area contributed by atoms with Gasteiger partial charge in [-0.05, 0) is 93.4 Å². The predicted molar refractivity (Wildman–Crippen MR) is 157 cm³/mol. The average Bonchev–Trinajstić information content (AvgIpc) is 2.94. The van der Waals surface area contributed by atoms with E-state index in [0.29, 0.717) is 36.8 Å². The van der Waals surface area contributed by atoms with Crippen molar-refractivity contribution in [2.24, 2.45) is 0 Å². The Balaban J connectivity index is 1.50. The lowest BCUT2D eigenvalue weighted by Crippen LogP contribution is -2.23. The second kappa shape index (κ2) is 13.0. The highest BCUT2D eigenvalue weighted by molar-refractivity contribution is 14.1. The summed E-state index contributed by atoms with van der Waals surface area (Å²) in [6, 6.07) is 27.5. The fourth-order valence-electron chi connectivity index (χ4n) is 3.89. The van der Waals surface area contributed by atoms with E-state index < -0.39 is 5.91 Å². The molecule has 0 bridgehead atoms. The van der Waals surface area contributed by atoms with Gasteiger partial charge in [-0.3, -0.25) is 4.79 Å². The van der Waals surface area contributed by atoms with Gasteiger partial charge in [0.1, 0.15) is 24.0 Å². The van der Waals surface area contributed by atoms with Crippen LogP contribution in [0.2, 0.25) is 0 Å². The smallest absolute Gasteiger partial charge is 0.262 e. The minimum atomic E-state index is -0.451. The minimum Gasteiger partial charge on any atom is -0.497 e. The molecule has 38 heavy (non-hydrogen) atoms. The predicted octanol–water partition coefficient (Wildman–Crippen LogP) is 6.65. The fourth-order valence-corrected chi connectivity index (χ4v) is 4.68. The monoisotopic (exact) mass is 618 g/mol. The van der Waals surface area contributed by atoms with Gasteiger partial charge in [-0.2, -0.15) is 5.26 Å². The molecule has 0 atom stereocenters. The van der Waals surface area contributed by atoms with Crippen LogP contribution in [-0.4, -0.2) is 19.6 Å². The van der Waals surface area contributed by atoms with Crippen LogP contribution in [0, 0.1) is 14.9 Å². The quantitative estimate of drug-likeness (QED) is 0.122. The molecule has 0 aliphatic rings. The van der Waals surface area contributed by atoms with E-state index in [0.717, 1.165) is 25.8 Å². The summed E-state index contributed by atoms with van der Waals surface area (Å²) < 4.78 is 18.0. The van der Waals surface area contributed by atoms with E-state index in [2.05, 4.69) is 58.2 Å². The molecule has 7 heteroatoms. The van der Waals surface area contributed by atoms with E-state index in [-0.39, 0.29) is 5.57 Å². The molecule has 4 aromatic carbocycles. The number of nitrogens with zero attached hydrogens (tertiary/aromatic N) is 1. The van der Waals surface area contributed by atoms with Gasteiger partial charge in [0.25, 0.3) is 5.91 Å². The first kappa shape index (κ1) is 27.0. The van der Waals surface area contributed by atoms with Crippen molar-refractivity contribution in [3.05, 3.63) is 105 Å². The lowest BCUT2D eigenvalue weighted by molar-refractivity contribution is -0.117. The third-order valence-corrected chi connectivity index (χ3v) is 6.62. The minimum absolute atomic E-state index is 0.00147. The Morgan fingerprint density at radius 1 is 0.974 bits per heavy atom. The largest absolute Gasteiger partial charge is 0.497 e. The van der Waals surface area contributed by atoms with Gasteiger partial charge in [-0.1, -0.05) is 48.5 Å². The molecule has 0 spiro atoms. The number of rotatable bonds is 10. The highest BCUT2D eigenvalue weighted by Crippen LogP contribution is 2.35. The Labute approximate surface area is 236 Å². The number of nitrogens with one attached hydrogen (secondary N) is 1. The Morgan fingerprint density at radius 3 is 2.42 bits per heavy atom. The van der Waals surface area contributed by atoms with Crippen LogP contribution in [0.1, 0.15) is 23.6 Å². The van der Waals surface area contributed by atoms with Crippen LogP contribution in [0.5, 0.6) is 17.2 Å². The summed E-state index contributed by atoms with van der Waals surface area (Å²) in [6.07, 6.45) is 1.56. The summed E-state index contributed by atoms with van der Waals surface area (Å²) in [5, 5.41) is 14.8. The summed E-state index contributed by atoms with van der Waals surface area (Å²) in [5.41, 5.74) is 2.62. The number of amides is 1. The first-order valence-electron chi connectivity index (χ1n) is 12.1. The van der Waals surface area contributed by atoms with E-state index in [4.69, 9.17) is 14.2 Å². The van der Waals surface area contributed by atoms with Crippen molar-refractivity contribution in [2.45, 2.75) is 20.1 Å². The number of carbonyl (C=O) groups is 1. The zero-order chi connectivity index (χ0) is 26.9. The summed E-state index contributed by atoms with van der Waals surface area (Å²) in [4.78, 5) is 12.7. The summed E-state index contributed by atoms with van der Waals surface area (Å²) >= 11 is 2.19. The second-order valence-electron chi connectivity index (χ2n) is 8.43. The van der Waals surface area contributed by atoms with Crippen LogP contribution in [0.3, 0.4) is 0 Å². The van der Waals surface area contributed by atoms with Crippen LogP contribution in [0.25, 0.3) is 16.8 Å². The van der Waals surface area contributed by atoms with Crippen molar-refractivity contribution in [3.63, 3.8) is 0 Å². The van der Waals surface area contributed by atoms with E-state index >= 15 is 0 Å². The van der Waals surface area contributed by atoms with Gasteiger partial charge in [0, 0.05) is 6.54 Å². The highest BCUT2D eigenvalue weighted by atomic mass is 127. The Kier molecular flexibility index (Phi) is 9.22. The molecule has 1 N–H and O–H groups in total. The third-order valence-electron chi connectivity index (χ3n) is 5.82. The first-order chi connectivity index (χ1) is 18.5. The van der Waals surface area contributed by atoms with Crippen LogP contribution in [-0.2, 0) is 17.9 Å². The van der Waals surface area contributed by atoms with Crippen molar-refractivity contribution in [2.75, 3.05) is 13.7 Å². The number of hydrogen-bond acceptors (Lipinski definition) is 5. The molecule has 1 amide bonds. The lowest BCUT2D eigenvalue weighted by atomic mass is 10.1. The Bertz CT molecular complexity index is 1510. The van der Waals surface area contributed by atoms with Crippen LogP contribution in [0.15, 0.2) is 84.4 Å². The van der Waals surface area contributed by atoms with Gasteiger partial charge in [0.05, 0.1) is 17.3 Å². The van der Waals surface area contributed by atoms with Gasteiger partial charge >= 0.3 is 0 Å². The molecule has 0 saturated heterocycles. The third kappa shape index (κ3) is 6.84. The number of benzene rings is 4. The molecule has 0 aliphatic heterocycles. The standard InChI is InChI=1S/C31H27IN2O4/c1-3-37-29-17-23(15-26(18-33)31(35)34-19-21-9-12-27(36-2)13-10-21)16-28(32)30(29)38-20-22-8-11-24-6-4-5-7-25(24)14-22/h4-17H,3,19-20H2,1-2H3,(H,34,35)/b26-15-. The molecule has 0 radical (unpaired) electrons. The van der Waals surface area contributed by atoms with Gasteiger partial charge in [0.15, 0.2) is 11.5 Å². The number of hydrogen-bond donors (Lipinski definition) is 1. The number of nitriles is 1. The van der Waals surface area contributed by atoms with E-state index in [1.165, 1.54) is 5.39 Å². The van der Waals surface area contributed by atoms with Gasteiger partial charge in [-0.25, -0.2) is 0 Å².